The van der Waals surface area contributed by atoms with Gasteiger partial charge >= 0.3 is 5.97 Å². The van der Waals surface area contributed by atoms with Gasteiger partial charge in [0.2, 0.25) is 5.28 Å². The van der Waals surface area contributed by atoms with Crippen LogP contribution in [-0.4, -0.2) is 39.1 Å². The smallest absolute Gasteiger partial charge is 0.328 e. The number of hydrogen-bond acceptors (Lipinski definition) is 6. The van der Waals surface area contributed by atoms with Crippen LogP contribution in [-0.2, 0) is 9.53 Å². The number of ether oxygens (including phenoxy) is 1. The van der Waals surface area contributed by atoms with Gasteiger partial charge in [0.25, 0.3) is 0 Å². The third-order valence-electron chi connectivity index (χ3n) is 2.17. The zero-order valence-electron chi connectivity index (χ0n) is 9.19. The minimum Gasteiger partial charge on any atom is -0.467 e. The summed E-state index contributed by atoms with van der Waals surface area (Å²) in [6.07, 6.45) is 1.48. The van der Waals surface area contributed by atoms with Crippen molar-refractivity contribution in [3.8, 4) is 0 Å². The molecule has 0 radical (unpaired) electrons. The van der Waals surface area contributed by atoms with Crippen molar-refractivity contribution in [2.24, 2.45) is 0 Å². The lowest BCUT2D eigenvalue weighted by Crippen LogP contribution is -2.27. The van der Waals surface area contributed by atoms with Gasteiger partial charge < -0.3 is 15.0 Å². The average Bonchev–Trinajstić information content (AvgIpc) is 2.75. The van der Waals surface area contributed by atoms with Gasteiger partial charge in [0.1, 0.15) is 11.6 Å². The van der Waals surface area contributed by atoms with Gasteiger partial charge in [-0.05, 0) is 18.5 Å². The highest BCUT2D eigenvalue weighted by molar-refractivity contribution is 6.28. The molecule has 0 aliphatic heterocycles. The third-order valence-corrected chi connectivity index (χ3v) is 2.34. The molecule has 17 heavy (non-hydrogen) atoms. The normalized spacial score (nSPS) is 12.4. The van der Waals surface area contributed by atoms with Gasteiger partial charge in [-0.2, -0.15) is 9.97 Å². The molecule has 0 aliphatic carbocycles. The minimum absolute atomic E-state index is 0.0594. The molecular formula is C9H10ClN5O2. The van der Waals surface area contributed by atoms with Crippen molar-refractivity contribution in [3.05, 3.63) is 11.6 Å². The Morgan fingerprint density at radius 2 is 2.35 bits per heavy atom. The number of rotatable bonds is 3. The lowest BCUT2D eigenvalue weighted by Gasteiger charge is -2.12. The predicted molar refractivity (Wildman–Crippen MR) is 61.8 cm³/mol. The first-order valence-corrected chi connectivity index (χ1v) is 5.20. The quantitative estimate of drug-likeness (QED) is 0.627. The number of imidazole rings is 1. The molecule has 2 rings (SSSR count). The second kappa shape index (κ2) is 4.54. The molecule has 0 bridgehead atoms. The van der Waals surface area contributed by atoms with Crippen LogP contribution in [0, 0.1) is 0 Å². The fraction of sp³-hybridized carbons (Fsp3) is 0.333. The number of carbonyl (C=O) groups is 1. The Labute approximate surface area is 102 Å². The van der Waals surface area contributed by atoms with Crippen LogP contribution in [0.2, 0.25) is 5.28 Å². The van der Waals surface area contributed by atoms with Crippen molar-refractivity contribution in [2.45, 2.75) is 13.0 Å². The van der Waals surface area contributed by atoms with Crippen LogP contribution in [0.4, 0.5) is 5.82 Å². The zero-order chi connectivity index (χ0) is 12.4. The van der Waals surface area contributed by atoms with Crippen LogP contribution in [0.3, 0.4) is 0 Å². The summed E-state index contributed by atoms with van der Waals surface area (Å²) in [5.74, 6) is 0.0165. The number of hydrogen-bond donors (Lipinski definition) is 2. The highest BCUT2D eigenvalue weighted by Crippen LogP contribution is 2.19. The Bertz CT molecular complexity index is 555. The number of halogens is 1. The lowest BCUT2D eigenvalue weighted by molar-refractivity contribution is -0.141. The Balaban J connectivity index is 2.34. The molecule has 2 heterocycles. The van der Waals surface area contributed by atoms with E-state index in [0.717, 1.165) is 0 Å². The fourth-order valence-electron chi connectivity index (χ4n) is 1.35. The van der Waals surface area contributed by atoms with Crippen LogP contribution in [0.1, 0.15) is 6.92 Å². The Kier molecular flexibility index (Phi) is 3.10. The monoisotopic (exact) mass is 255 g/mol. The summed E-state index contributed by atoms with van der Waals surface area (Å²) in [6, 6.07) is -0.544. The molecule has 0 saturated carbocycles. The molecule has 90 valence electrons. The molecule has 0 fully saturated rings. The summed E-state index contributed by atoms with van der Waals surface area (Å²) < 4.78 is 4.60. The van der Waals surface area contributed by atoms with E-state index in [4.69, 9.17) is 11.6 Å². The molecule has 2 aromatic rings. The van der Waals surface area contributed by atoms with Crippen LogP contribution in [0.25, 0.3) is 11.2 Å². The predicted octanol–water partition coefficient (Wildman–Crippen LogP) is 0.980. The van der Waals surface area contributed by atoms with Crippen molar-refractivity contribution in [2.75, 3.05) is 12.4 Å². The van der Waals surface area contributed by atoms with Gasteiger partial charge in [0.05, 0.1) is 13.4 Å². The van der Waals surface area contributed by atoms with E-state index in [1.54, 1.807) is 6.92 Å². The number of nitrogens with zero attached hydrogens (tertiary/aromatic N) is 3. The van der Waals surface area contributed by atoms with E-state index >= 15 is 0 Å². The molecule has 0 aliphatic rings. The molecule has 0 amide bonds. The van der Waals surface area contributed by atoms with E-state index in [1.807, 2.05) is 0 Å². The molecule has 7 nitrogen and oxygen atoms in total. The second-order valence-corrected chi connectivity index (χ2v) is 3.67. The first-order valence-electron chi connectivity index (χ1n) is 4.83. The Morgan fingerprint density at radius 1 is 1.59 bits per heavy atom. The Hall–Kier alpha value is -1.89. The van der Waals surface area contributed by atoms with Gasteiger partial charge in [-0.15, -0.1) is 0 Å². The lowest BCUT2D eigenvalue weighted by atomic mass is 10.3. The third kappa shape index (κ3) is 2.28. The topological polar surface area (TPSA) is 92.8 Å². The number of methoxy groups -OCH3 is 1. The highest BCUT2D eigenvalue weighted by atomic mass is 35.5. The molecule has 0 saturated heterocycles. The fourth-order valence-corrected chi connectivity index (χ4v) is 1.52. The zero-order valence-corrected chi connectivity index (χ0v) is 9.95. The number of anilines is 1. The molecule has 0 spiro atoms. The van der Waals surface area contributed by atoms with Gasteiger partial charge in [0, 0.05) is 0 Å². The molecular weight excluding hydrogens is 246 g/mol. The molecule has 2 aromatic heterocycles. The van der Waals surface area contributed by atoms with E-state index in [9.17, 15) is 4.79 Å². The summed E-state index contributed by atoms with van der Waals surface area (Å²) in [7, 11) is 1.32. The maximum Gasteiger partial charge on any atom is 0.328 e. The second-order valence-electron chi connectivity index (χ2n) is 3.33. The van der Waals surface area contributed by atoms with Crippen molar-refractivity contribution < 1.29 is 9.53 Å². The maximum atomic E-state index is 11.3. The van der Waals surface area contributed by atoms with E-state index in [-0.39, 0.29) is 5.28 Å². The first-order chi connectivity index (χ1) is 8.11. The SMILES string of the molecule is COC(=O)C(C)Nc1nc(Cl)nc2nc[nH]c12. The molecule has 1 unspecified atom stereocenters. The number of aromatic amines is 1. The number of nitrogens with one attached hydrogen (secondary N) is 2. The largest absolute Gasteiger partial charge is 0.467 e. The molecule has 8 heteroatoms. The van der Waals surface area contributed by atoms with Crippen molar-refractivity contribution >= 4 is 34.6 Å². The average molecular weight is 256 g/mol. The number of fused-ring (bicyclic) bond motifs is 1. The summed E-state index contributed by atoms with van der Waals surface area (Å²) in [5, 5.41) is 2.94. The van der Waals surface area contributed by atoms with Gasteiger partial charge in [-0.1, -0.05) is 0 Å². The maximum absolute atomic E-state index is 11.3. The summed E-state index contributed by atoms with van der Waals surface area (Å²) in [5.41, 5.74) is 1.02. The van der Waals surface area contributed by atoms with E-state index in [2.05, 4.69) is 30.0 Å². The number of esters is 1. The highest BCUT2D eigenvalue weighted by Gasteiger charge is 2.16. The van der Waals surface area contributed by atoms with Crippen LogP contribution < -0.4 is 5.32 Å². The Morgan fingerprint density at radius 3 is 3.06 bits per heavy atom. The first kappa shape index (κ1) is 11.6. The minimum atomic E-state index is -0.544. The van der Waals surface area contributed by atoms with Gasteiger partial charge in [-0.25, -0.2) is 9.78 Å². The summed E-state index contributed by atoms with van der Waals surface area (Å²) >= 11 is 5.75. The van der Waals surface area contributed by atoms with Crippen molar-refractivity contribution in [1.29, 1.82) is 0 Å². The number of carbonyl (C=O) groups excluding carboxylic acids is 1. The van der Waals surface area contributed by atoms with E-state index in [1.165, 1.54) is 13.4 Å². The van der Waals surface area contributed by atoms with Crippen LogP contribution >= 0.6 is 11.6 Å². The van der Waals surface area contributed by atoms with Crippen LogP contribution in [0.5, 0.6) is 0 Å². The van der Waals surface area contributed by atoms with Crippen LogP contribution in [0.15, 0.2) is 6.33 Å². The van der Waals surface area contributed by atoms with Gasteiger partial charge in [0.15, 0.2) is 11.5 Å². The molecule has 2 N–H and O–H groups in total. The standard InChI is InChI=1S/C9H10ClN5O2/c1-4(8(16)17-2)13-7-5-6(12-3-11-5)14-9(10)15-7/h3-4H,1-2H3,(H2,11,12,13,14,15). The molecule has 0 aromatic carbocycles. The summed E-state index contributed by atoms with van der Waals surface area (Å²) in [4.78, 5) is 26.0. The van der Waals surface area contributed by atoms with E-state index < -0.39 is 12.0 Å². The van der Waals surface area contributed by atoms with E-state index in [0.29, 0.717) is 17.0 Å². The van der Waals surface area contributed by atoms with Crippen molar-refractivity contribution in [3.63, 3.8) is 0 Å². The van der Waals surface area contributed by atoms with Crippen molar-refractivity contribution in [1.82, 2.24) is 19.9 Å². The number of aromatic nitrogens is 4. The summed E-state index contributed by atoms with van der Waals surface area (Å²) in [6.45, 7) is 1.66. The number of H-pyrrole nitrogens is 1. The van der Waals surface area contributed by atoms with Gasteiger partial charge in [-0.3, -0.25) is 0 Å². The molecule has 1 atom stereocenters.